The van der Waals surface area contributed by atoms with Crippen molar-refractivity contribution in [3.05, 3.63) is 93.9 Å². The van der Waals surface area contributed by atoms with Crippen LogP contribution in [-0.2, 0) is 0 Å². The Morgan fingerprint density at radius 1 is 1.00 bits per heavy atom. The van der Waals surface area contributed by atoms with E-state index in [1.807, 2.05) is 59.6 Å². The Balaban J connectivity index is 1.78. The summed E-state index contributed by atoms with van der Waals surface area (Å²) in [5.41, 5.74) is 1.39. The second-order valence-corrected chi connectivity index (χ2v) is 8.42. The molecule has 0 radical (unpaired) electrons. The number of fused-ring (bicyclic) bond motifs is 5. The number of hydrogen-bond donors (Lipinski definition) is 1. The first-order valence-corrected chi connectivity index (χ1v) is 10.8. The van der Waals surface area contributed by atoms with E-state index >= 15 is 0 Å². The zero-order valence-electron chi connectivity index (χ0n) is 17.8. The van der Waals surface area contributed by atoms with Crippen LogP contribution >= 0.6 is 0 Å². The molecule has 3 heterocycles. The van der Waals surface area contributed by atoms with Gasteiger partial charge in [-0.15, -0.1) is 0 Å². The first-order valence-electron chi connectivity index (χ1n) is 10.8. The number of amides is 1. The van der Waals surface area contributed by atoms with Gasteiger partial charge in [-0.05, 0) is 24.0 Å². The molecule has 0 saturated carbocycles. The highest BCUT2D eigenvalue weighted by Gasteiger charge is 2.38. The van der Waals surface area contributed by atoms with E-state index in [0.29, 0.717) is 19.8 Å². The minimum atomic E-state index is -0.566. The van der Waals surface area contributed by atoms with Crippen molar-refractivity contribution in [2.24, 2.45) is 5.92 Å². The molecule has 5 rings (SSSR count). The number of aromatic hydroxyl groups is 1. The average molecular weight is 431 g/mol. The molecule has 2 aromatic carbocycles. The molecule has 1 amide bonds. The molecule has 1 aromatic heterocycles. The molecular formula is C25H25N3O4. The Bertz CT molecular complexity index is 1210. The molecule has 2 aliphatic rings. The molecule has 0 fully saturated rings. The number of aromatic nitrogens is 1. The van der Waals surface area contributed by atoms with Crippen LogP contribution in [-0.4, -0.2) is 40.4 Å². The Hall–Kier alpha value is -3.74. The lowest BCUT2D eigenvalue weighted by Crippen LogP contribution is -2.56. The summed E-state index contributed by atoms with van der Waals surface area (Å²) in [6.45, 7) is 3.43. The van der Waals surface area contributed by atoms with Gasteiger partial charge in [0.2, 0.25) is 5.43 Å². The van der Waals surface area contributed by atoms with Crippen molar-refractivity contribution in [2.45, 2.75) is 19.4 Å². The molecule has 1 unspecified atom stereocenters. The fourth-order valence-electron chi connectivity index (χ4n) is 4.56. The van der Waals surface area contributed by atoms with Crippen LogP contribution in [0.5, 0.6) is 11.5 Å². The number of para-hydroxylation sites is 1. The van der Waals surface area contributed by atoms with Gasteiger partial charge in [-0.3, -0.25) is 19.3 Å². The largest absolute Gasteiger partial charge is 0.502 e. The summed E-state index contributed by atoms with van der Waals surface area (Å²) in [4.78, 5) is 27.3. The van der Waals surface area contributed by atoms with Gasteiger partial charge in [-0.1, -0.05) is 55.5 Å². The number of benzene rings is 2. The summed E-state index contributed by atoms with van der Waals surface area (Å²) < 4.78 is 7.83. The molecule has 1 N–H and O–H groups in total. The van der Waals surface area contributed by atoms with Crippen molar-refractivity contribution in [2.75, 3.05) is 24.8 Å². The van der Waals surface area contributed by atoms with Gasteiger partial charge in [0.25, 0.3) is 5.91 Å². The van der Waals surface area contributed by atoms with Crippen LogP contribution in [0.2, 0.25) is 0 Å². The topological polar surface area (TPSA) is 75.0 Å². The molecule has 164 valence electrons. The average Bonchev–Trinajstić information content (AvgIpc) is 2.82. The summed E-state index contributed by atoms with van der Waals surface area (Å²) in [7, 11) is 0. The molecule has 0 aliphatic carbocycles. The quantitative estimate of drug-likeness (QED) is 0.641. The van der Waals surface area contributed by atoms with Gasteiger partial charge >= 0.3 is 0 Å². The van der Waals surface area contributed by atoms with E-state index in [1.165, 1.54) is 6.07 Å². The lowest BCUT2D eigenvalue weighted by atomic mass is 9.97. The second-order valence-electron chi connectivity index (χ2n) is 8.42. The van der Waals surface area contributed by atoms with E-state index in [-0.39, 0.29) is 23.6 Å². The highest BCUT2D eigenvalue weighted by Crippen LogP contribution is 2.37. The van der Waals surface area contributed by atoms with Crippen molar-refractivity contribution >= 4 is 5.91 Å². The Morgan fingerprint density at radius 2 is 1.75 bits per heavy atom. The third-order valence-corrected chi connectivity index (χ3v) is 6.16. The second kappa shape index (κ2) is 8.07. The SMILES string of the molecule is CC1CCOc2ccccc2[C@@H](c2ccccc2)N2CN(C1)C(=O)c1c(O)c(=O)ccn12. The number of rotatable bonds is 1. The van der Waals surface area contributed by atoms with E-state index < -0.39 is 11.2 Å². The van der Waals surface area contributed by atoms with Crippen LogP contribution in [0.4, 0.5) is 0 Å². The Labute approximate surface area is 186 Å². The van der Waals surface area contributed by atoms with Gasteiger partial charge in [-0.25, -0.2) is 0 Å². The molecule has 7 nitrogen and oxygen atoms in total. The monoisotopic (exact) mass is 431 g/mol. The van der Waals surface area contributed by atoms with E-state index in [1.54, 1.807) is 15.8 Å². The van der Waals surface area contributed by atoms with Crippen molar-refractivity contribution in [3.8, 4) is 11.5 Å². The van der Waals surface area contributed by atoms with E-state index in [2.05, 4.69) is 6.92 Å². The maximum Gasteiger partial charge on any atom is 0.277 e. The van der Waals surface area contributed by atoms with E-state index in [9.17, 15) is 14.7 Å². The number of hydrogen-bond acceptors (Lipinski definition) is 5. The number of nitrogens with zero attached hydrogens (tertiary/aromatic N) is 3. The van der Waals surface area contributed by atoms with Gasteiger partial charge in [0.05, 0.1) is 6.61 Å². The predicted octanol–water partition coefficient (Wildman–Crippen LogP) is 3.11. The van der Waals surface area contributed by atoms with Crippen molar-refractivity contribution in [1.29, 1.82) is 0 Å². The van der Waals surface area contributed by atoms with Crippen LogP contribution in [0.25, 0.3) is 0 Å². The highest BCUT2D eigenvalue weighted by atomic mass is 16.5. The third kappa shape index (κ3) is 3.39. The van der Waals surface area contributed by atoms with Crippen molar-refractivity contribution in [1.82, 2.24) is 9.58 Å². The summed E-state index contributed by atoms with van der Waals surface area (Å²) in [5.74, 6) is 0.103. The lowest BCUT2D eigenvalue weighted by Gasteiger charge is -2.44. The molecule has 32 heavy (non-hydrogen) atoms. The van der Waals surface area contributed by atoms with E-state index in [0.717, 1.165) is 23.3 Å². The van der Waals surface area contributed by atoms with Gasteiger partial charge in [-0.2, -0.15) is 0 Å². The van der Waals surface area contributed by atoms with Gasteiger partial charge in [0.1, 0.15) is 18.5 Å². The minimum absolute atomic E-state index is 0.00507. The smallest absolute Gasteiger partial charge is 0.277 e. The third-order valence-electron chi connectivity index (χ3n) is 6.16. The summed E-state index contributed by atoms with van der Waals surface area (Å²) in [6, 6.07) is 18.9. The van der Waals surface area contributed by atoms with Crippen molar-refractivity contribution in [3.63, 3.8) is 0 Å². The lowest BCUT2D eigenvalue weighted by molar-refractivity contribution is 0.0648. The number of ether oxygens (including phenoxy) is 1. The van der Waals surface area contributed by atoms with Gasteiger partial charge in [0.15, 0.2) is 11.4 Å². The maximum absolute atomic E-state index is 13.3. The Kier molecular flexibility index (Phi) is 5.09. The van der Waals surface area contributed by atoms with Gasteiger partial charge in [0, 0.05) is 24.4 Å². The van der Waals surface area contributed by atoms with Crippen LogP contribution in [0.15, 0.2) is 71.7 Å². The van der Waals surface area contributed by atoms with Crippen LogP contribution < -0.4 is 15.2 Å². The first-order chi connectivity index (χ1) is 15.5. The minimum Gasteiger partial charge on any atom is -0.502 e. The van der Waals surface area contributed by atoms with Crippen LogP contribution in [0.1, 0.15) is 41.0 Å². The molecule has 0 saturated heterocycles. The number of pyridine rings is 1. The Morgan fingerprint density at radius 3 is 2.56 bits per heavy atom. The summed E-state index contributed by atoms with van der Waals surface area (Å²) in [6.07, 6.45) is 2.34. The van der Waals surface area contributed by atoms with Crippen molar-refractivity contribution < 1.29 is 14.6 Å². The number of carbonyl (C=O) groups is 1. The molecule has 7 heteroatoms. The summed E-state index contributed by atoms with van der Waals surface area (Å²) in [5, 5.41) is 12.6. The molecule has 2 bridgehead atoms. The zero-order chi connectivity index (χ0) is 22.2. The fourth-order valence-corrected chi connectivity index (χ4v) is 4.56. The normalized spacial score (nSPS) is 20.6. The first kappa shape index (κ1) is 20.2. The molecule has 3 aromatic rings. The van der Waals surface area contributed by atoms with Crippen LogP contribution in [0.3, 0.4) is 0 Å². The molecular weight excluding hydrogens is 406 g/mol. The molecule has 0 spiro atoms. The molecule has 2 aliphatic heterocycles. The standard InChI is InChI=1S/C25H25N3O4/c1-17-12-14-32-21-10-6-5-9-19(21)22(18-7-3-2-4-8-18)28-16-26(15-17)25(31)23-24(30)20(29)11-13-27(23)28/h2-11,13,17,22,30H,12,14-16H2,1H3/t17?,22-/m1/s1. The summed E-state index contributed by atoms with van der Waals surface area (Å²) >= 11 is 0. The fraction of sp³-hybridized carbons (Fsp3) is 0.280. The predicted molar refractivity (Wildman–Crippen MR) is 120 cm³/mol. The zero-order valence-corrected chi connectivity index (χ0v) is 17.8. The van der Waals surface area contributed by atoms with E-state index in [4.69, 9.17) is 4.74 Å². The molecule has 2 atom stereocenters. The van der Waals surface area contributed by atoms with Crippen LogP contribution in [0, 0.1) is 5.92 Å². The highest BCUT2D eigenvalue weighted by molar-refractivity contribution is 5.96. The van der Waals surface area contributed by atoms with Gasteiger partial charge < -0.3 is 14.7 Å². The number of carbonyl (C=O) groups excluding carboxylic acids is 1. The maximum atomic E-state index is 13.3.